The summed E-state index contributed by atoms with van der Waals surface area (Å²) in [6, 6.07) is 11.1. The smallest absolute Gasteiger partial charge is 0.219 e. The van der Waals surface area contributed by atoms with Crippen molar-refractivity contribution >= 4 is 17.9 Å². The highest BCUT2D eigenvalue weighted by atomic mass is 15.3. The van der Waals surface area contributed by atoms with Crippen molar-refractivity contribution in [2.75, 3.05) is 26.7 Å². The number of aliphatic imine (C=N–C) groups is 3. The minimum Gasteiger partial charge on any atom is -0.341 e. The van der Waals surface area contributed by atoms with Gasteiger partial charge in [-0.3, -0.25) is 9.98 Å². The molecule has 1 aliphatic heterocycles. The number of guanidine groups is 1. The van der Waals surface area contributed by atoms with Crippen molar-refractivity contribution in [2.24, 2.45) is 20.9 Å². The number of hydrogen-bond acceptors (Lipinski definition) is 2. The van der Waals surface area contributed by atoms with E-state index in [2.05, 4.69) is 59.1 Å². The molecule has 0 N–H and O–H groups in total. The highest BCUT2D eigenvalue weighted by Gasteiger charge is 2.36. The molecule has 4 nitrogen and oxygen atoms in total. The van der Waals surface area contributed by atoms with Crippen LogP contribution in [0.3, 0.4) is 0 Å². The van der Waals surface area contributed by atoms with Crippen molar-refractivity contribution in [3.05, 3.63) is 35.9 Å². The first-order valence-corrected chi connectivity index (χ1v) is 12.1. The lowest BCUT2D eigenvalue weighted by atomic mass is 9.70. The highest BCUT2D eigenvalue weighted by molar-refractivity contribution is 5.88. The minimum absolute atomic E-state index is 0.216. The Bertz CT molecular complexity index is 727. The van der Waals surface area contributed by atoms with Crippen LogP contribution in [0.1, 0.15) is 77.2 Å². The van der Waals surface area contributed by atoms with Crippen LogP contribution < -0.4 is 0 Å². The number of hydrogen-bond donors (Lipinski definition) is 0. The lowest BCUT2D eigenvalue weighted by Gasteiger charge is -2.42. The van der Waals surface area contributed by atoms with Gasteiger partial charge in [-0.05, 0) is 62.8 Å². The Morgan fingerprint density at radius 1 is 1.17 bits per heavy atom. The molecule has 0 spiro atoms. The average molecular weight is 409 g/mol. The van der Waals surface area contributed by atoms with Crippen LogP contribution in [0.25, 0.3) is 0 Å². The number of benzene rings is 1. The molecular formula is C26H40N4. The van der Waals surface area contributed by atoms with Crippen LogP contribution in [-0.4, -0.2) is 49.5 Å². The summed E-state index contributed by atoms with van der Waals surface area (Å²) in [6.07, 6.45) is 12.8. The van der Waals surface area contributed by atoms with E-state index in [0.29, 0.717) is 0 Å². The molecule has 1 aromatic rings. The number of rotatable bonds is 7. The van der Waals surface area contributed by atoms with E-state index in [0.717, 1.165) is 57.2 Å². The van der Waals surface area contributed by atoms with Gasteiger partial charge in [0.05, 0.1) is 0 Å². The molecule has 1 aliphatic carbocycles. The zero-order chi connectivity index (χ0) is 21.2. The molecule has 2 fully saturated rings. The zero-order valence-electron chi connectivity index (χ0n) is 19.3. The molecule has 1 heterocycles. The largest absolute Gasteiger partial charge is 0.341 e. The molecule has 0 aromatic heterocycles. The molecule has 1 saturated carbocycles. The van der Waals surface area contributed by atoms with Crippen LogP contribution in [0.15, 0.2) is 45.3 Å². The van der Waals surface area contributed by atoms with Crippen LogP contribution >= 0.6 is 0 Å². The summed E-state index contributed by atoms with van der Waals surface area (Å²) in [5.41, 5.74) is 3.20. The molecule has 1 aromatic carbocycles. The van der Waals surface area contributed by atoms with E-state index in [4.69, 9.17) is 4.99 Å². The van der Waals surface area contributed by atoms with Gasteiger partial charge >= 0.3 is 0 Å². The molecule has 1 saturated heterocycles. The van der Waals surface area contributed by atoms with Crippen molar-refractivity contribution in [1.82, 2.24) is 4.90 Å². The van der Waals surface area contributed by atoms with E-state index < -0.39 is 0 Å². The van der Waals surface area contributed by atoms with Gasteiger partial charge < -0.3 is 4.90 Å². The highest BCUT2D eigenvalue weighted by Crippen LogP contribution is 2.39. The first-order chi connectivity index (χ1) is 14.7. The normalized spacial score (nSPS) is 23.6. The van der Waals surface area contributed by atoms with Gasteiger partial charge in [0, 0.05) is 44.0 Å². The predicted molar refractivity (Wildman–Crippen MR) is 130 cm³/mol. The lowest BCUT2D eigenvalue weighted by molar-refractivity contribution is 0.214. The third kappa shape index (κ3) is 5.59. The third-order valence-corrected chi connectivity index (χ3v) is 6.98. The van der Waals surface area contributed by atoms with Gasteiger partial charge in [0.15, 0.2) is 0 Å². The topological polar surface area (TPSA) is 40.3 Å². The molecule has 0 radical (unpaired) electrons. The summed E-state index contributed by atoms with van der Waals surface area (Å²) in [6.45, 7) is 7.40. The summed E-state index contributed by atoms with van der Waals surface area (Å²) in [4.78, 5) is 16.5. The molecule has 1 atom stereocenters. The van der Waals surface area contributed by atoms with Gasteiger partial charge in [0.25, 0.3) is 0 Å². The Kier molecular flexibility index (Phi) is 8.65. The molecule has 0 amide bonds. The van der Waals surface area contributed by atoms with Crippen molar-refractivity contribution in [1.29, 1.82) is 0 Å². The fraction of sp³-hybridized carbons (Fsp3) is 0.654. The second kappa shape index (κ2) is 11.4. The van der Waals surface area contributed by atoms with E-state index in [1.165, 1.54) is 43.4 Å². The fourth-order valence-electron chi connectivity index (χ4n) is 5.24. The quantitative estimate of drug-likeness (QED) is 0.408. The maximum Gasteiger partial charge on any atom is 0.219 e. The van der Waals surface area contributed by atoms with Crippen LogP contribution in [0.5, 0.6) is 0 Å². The maximum atomic E-state index is 5.15. The molecule has 1 unspecified atom stereocenters. The summed E-state index contributed by atoms with van der Waals surface area (Å²) in [5.74, 6) is 1.64. The van der Waals surface area contributed by atoms with Gasteiger partial charge in [-0.15, -0.1) is 0 Å². The lowest BCUT2D eigenvalue weighted by Crippen LogP contribution is -2.45. The van der Waals surface area contributed by atoms with Gasteiger partial charge in [0.2, 0.25) is 5.96 Å². The van der Waals surface area contributed by atoms with E-state index in [1.54, 1.807) is 0 Å². The molecule has 164 valence electrons. The Morgan fingerprint density at radius 2 is 1.93 bits per heavy atom. The molecular weight excluding hydrogens is 368 g/mol. The Morgan fingerprint density at radius 3 is 2.60 bits per heavy atom. The van der Waals surface area contributed by atoms with E-state index in [1.807, 2.05) is 13.3 Å². The summed E-state index contributed by atoms with van der Waals surface area (Å²) in [7, 11) is 1.85. The average Bonchev–Trinajstić information content (AvgIpc) is 3.23. The molecule has 4 heteroatoms. The standard InChI is InChI=1S/C26H40N4/c1-4-10-22-11-9-14-24(22)28-19-15-26(23-12-7-6-8-13-23)16-20-30(21-17-26)25(27-3)29-18-5-2/h6-8,12-13,18,22H,4-5,9-11,14-17,19-21H2,1-3H3/b27-25?,28-24?,29-18-. The van der Waals surface area contributed by atoms with Crippen LogP contribution in [-0.2, 0) is 5.41 Å². The third-order valence-electron chi connectivity index (χ3n) is 6.98. The molecule has 30 heavy (non-hydrogen) atoms. The van der Waals surface area contributed by atoms with Gasteiger partial charge in [-0.25, -0.2) is 4.99 Å². The van der Waals surface area contributed by atoms with Crippen LogP contribution in [0.2, 0.25) is 0 Å². The van der Waals surface area contributed by atoms with E-state index in [-0.39, 0.29) is 5.41 Å². The second-order valence-corrected chi connectivity index (χ2v) is 8.88. The SMILES string of the molecule is CC/C=N\C(=NC)N1CCC(CCN=C2CCCC2CCC)(c2ccccc2)CC1. The summed E-state index contributed by atoms with van der Waals surface area (Å²) in [5, 5.41) is 0. The molecule has 0 bridgehead atoms. The monoisotopic (exact) mass is 408 g/mol. The molecule has 3 rings (SSSR count). The van der Waals surface area contributed by atoms with Crippen molar-refractivity contribution < 1.29 is 0 Å². The molecule has 2 aliphatic rings. The van der Waals surface area contributed by atoms with Crippen molar-refractivity contribution in [3.63, 3.8) is 0 Å². The van der Waals surface area contributed by atoms with Crippen LogP contribution in [0.4, 0.5) is 0 Å². The Balaban J connectivity index is 1.70. The van der Waals surface area contributed by atoms with E-state index in [9.17, 15) is 0 Å². The maximum absolute atomic E-state index is 5.15. The number of likely N-dealkylation sites (tertiary alicyclic amines) is 1. The van der Waals surface area contributed by atoms with Crippen molar-refractivity contribution in [3.8, 4) is 0 Å². The van der Waals surface area contributed by atoms with Crippen LogP contribution in [0, 0.1) is 5.92 Å². The zero-order valence-corrected chi connectivity index (χ0v) is 19.3. The van der Waals surface area contributed by atoms with Gasteiger partial charge in [-0.2, -0.15) is 0 Å². The van der Waals surface area contributed by atoms with E-state index >= 15 is 0 Å². The minimum atomic E-state index is 0.216. The number of piperidine rings is 1. The van der Waals surface area contributed by atoms with Gasteiger partial charge in [0.1, 0.15) is 0 Å². The first kappa shape index (κ1) is 22.7. The Labute approximate surface area is 183 Å². The van der Waals surface area contributed by atoms with Crippen molar-refractivity contribution in [2.45, 2.75) is 77.0 Å². The summed E-state index contributed by atoms with van der Waals surface area (Å²) < 4.78 is 0. The van der Waals surface area contributed by atoms with Gasteiger partial charge in [-0.1, -0.05) is 50.6 Å². The fourth-order valence-corrected chi connectivity index (χ4v) is 5.24. The predicted octanol–water partition coefficient (Wildman–Crippen LogP) is 5.92. The Hall–Kier alpha value is -1.97. The second-order valence-electron chi connectivity index (χ2n) is 8.88. The summed E-state index contributed by atoms with van der Waals surface area (Å²) >= 11 is 0. The first-order valence-electron chi connectivity index (χ1n) is 12.1. The number of nitrogens with zero attached hydrogens (tertiary/aromatic N) is 4.